The molecule has 0 aliphatic heterocycles. The first-order valence-corrected chi connectivity index (χ1v) is 7.20. The van der Waals surface area contributed by atoms with Crippen LogP contribution in [0.25, 0.3) is 0 Å². The average Bonchev–Trinajstić information content (AvgIpc) is 2.33. The molecule has 0 aromatic heterocycles. The quantitative estimate of drug-likeness (QED) is 0.446. The Hall–Kier alpha value is -1.96. The van der Waals surface area contributed by atoms with Crippen molar-refractivity contribution in [1.82, 2.24) is 0 Å². The van der Waals surface area contributed by atoms with E-state index in [0.717, 1.165) is 0 Å². The molecule has 0 aliphatic carbocycles. The number of hydrogen-bond acceptors (Lipinski definition) is 5. The van der Waals surface area contributed by atoms with Crippen LogP contribution in [0.5, 0.6) is 0 Å². The molecule has 1 rings (SSSR count). The van der Waals surface area contributed by atoms with Crippen LogP contribution in [-0.2, 0) is 10.8 Å². The molecule has 19 heavy (non-hydrogen) atoms. The Morgan fingerprint density at radius 2 is 2.21 bits per heavy atom. The lowest BCUT2D eigenvalue weighted by Gasteiger charge is -2.06. The van der Waals surface area contributed by atoms with Crippen molar-refractivity contribution in [2.45, 2.75) is 6.42 Å². The van der Waals surface area contributed by atoms with E-state index in [1.54, 1.807) is 6.26 Å². The molecular weight excluding hydrogens is 272 g/mol. The van der Waals surface area contributed by atoms with Gasteiger partial charge in [0.1, 0.15) is 5.56 Å². The van der Waals surface area contributed by atoms with Crippen molar-refractivity contribution in [1.29, 1.82) is 0 Å². The summed E-state index contributed by atoms with van der Waals surface area (Å²) in [5.41, 5.74) is -0.319. The van der Waals surface area contributed by atoms with Crippen molar-refractivity contribution in [3.63, 3.8) is 0 Å². The van der Waals surface area contributed by atoms with Crippen LogP contribution in [0.2, 0.25) is 0 Å². The van der Waals surface area contributed by atoms with Gasteiger partial charge in [-0.3, -0.25) is 14.3 Å². The van der Waals surface area contributed by atoms with Crippen molar-refractivity contribution in [3.05, 3.63) is 33.9 Å². The molecule has 1 aromatic carbocycles. The number of anilines is 1. The van der Waals surface area contributed by atoms with E-state index < -0.39 is 27.4 Å². The van der Waals surface area contributed by atoms with Gasteiger partial charge >= 0.3 is 5.97 Å². The highest BCUT2D eigenvalue weighted by molar-refractivity contribution is 7.84. The molecule has 7 nitrogen and oxygen atoms in total. The zero-order chi connectivity index (χ0) is 14.4. The minimum Gasteiger partial charge on any atom is -0.477 e. The first-order valence-electron chi connectivity index (χ1n) is 5.47. The summed E-state index contributed by atoms with van der Waals surface area (Å²) in [4.78, 5) is 20.9. The highest BCUT2D eigenvalue weighted by atomic mass is 32.2. The van der Waals surface area contributed by atoms with Gasteiger partial charge in [-0.2, -0.15) is 0 Å². The van der Waals surface area contributed by atoms with E-state index in [2.05, 4.69) is 5.32 Å². The maximum Gasteiger partial charge on any atom is 0.342 e. The van der Waals surface area contributed by atoms with E-state index >= 15 is 0 Å². The molecule has 0 bridgehead atoms. The van der Waals surface area contributed by atoms with Crippen LogP contribution >= 0.6 is 0 Å². The van der Waals surface area contributed by atoms with Gasteiger partial charge in [-0.1, -0.05) is 0 Å². The number of benzene rings is 1. The number of carboxylic acids is 1. The number of hydrogen-bond donors (Lipinski definition) is 2. The predicted molar refractivity (Wildman–Crippen MR) is 72.1 cm³/mol. The van der Waals surface area contributed by atoms with Crippen LogP contribution in [0.4, 0.5) is 11.4 Å². The number of carbonyl (C=O) groups is 1. The summed E-state index contributed by atoms with van der Waals surface area (Å²) in [6, 6.07) is 3.85. The first-order chi connectivity index (χ1) is 8.91. The molecule has 0 saturated heterocycles. The molecule has 8 heteroatoms. The van der Waals surface area contributed by atoms with E-state index in [9.17, 15) is 19.1 Å². The van der Waals surface area contributed by atoms with Gasteiger partial charge in [-0.25, -0.2) is 4.79 Å². The van der Waals surface area contributed by atoms with Crippen molar-refractivity contribution in [2.24, 2.45) is 0 Å². The number of nitro benzene ring substituents is 1. The second kappa shape index (κ2) is 6.83. The number of nitrogens with one attached hydrogen (secondary N) is 1. The van der Waals surface area contributed by atoms with Crippen LogP contribution in [0.1, 0.15) is 16.8 Å². The number of nitrogens with zero attached hydrogens (tertiary/aromatic N) is 1. The molecule has 0 spiro atoms. The van der Waals surface area contributed by atoms with Gasteiger partial charge in [0.05, 0.1) is 4.92 Å². The molecule has 104 valence electrons. The monoisotopic (exact) mass is 286 g/mol. The third kappa shape index (κ3) is 4.66. The molecule has 1 unspecified atom stereocenters. The second-order valence-corrected chi connectivity index (χ2v) is 5.41. The SMILES string of the molecule is CS(=O)CCCNc1ccc(C(=O)O)c([N+](=O)[O-])c1. The van der Waals surface area contributed by atoms with Gasteiger partial charge in [-0.15, -0.1) is 0 Å². The topological polar surface area (TPSA) is 110 Å². The smallest absolute Gasteiger partial charge is 0.342 e. The van der Waals surface area contributed by atoms with Gasteiger partial charge < -0.3 is 10.4 Å². The average molecular weight is 286 g/mol. The standard InChI is InChI=1S/C11H14N2O5S/c1-19(18)6-2-5-12-8-3-4-9(11(14)15)10(7-8)13(16)17/h3-4,7,12H,2,5-6H2,1H3,(H,14,15). The molecule has 1 atom stereocenters. The van der Waals surface area contributed by atoms with Gasteiger partial charge in [0, 0.05) is 41.1 Å². The number of nitro groups is 1. The van der Waals surface area contributed by atoms with Crippen LogP contribution in [0, 0.1) is 10.1 Å². The van der Waals surface area contributed by atoms with Crippen LogP contribution in [0.3, 0.4) is 0 Å². The third-order valence-corrected chi connectivity index (χ3v) is 3.23. The molecule has 1 aromatic rings. The Bertz CT molecular complexity index is 518. The van der Waals surface area contributed by atoms with E-state index in [0.29, 0.717) is 24.4 Å². The largest absolute Gasteiger partial charge is 0.477 e. The highest BCUT2D eigenvalue weighted by Crippen LogP contribution is 2.23. The Balaban J connectivity index is 2.76. The number of rotatable bonds is 7. The Morgan fingerprint density at radius 1 is 1.53 bits per heavy atom. The fourth-order valence-electron chi connectivity index (χ4n) is 1.48. The maximum absolute atomic E-state index is 10.8. The summed E-state index contributed by atoms with van der Waals surface area (Å²) < 4.78 is 10.8. The molecule has 0 amide bonds. The van der Waals surface area contributed by atoms with Crippen molar-refractivity contribution in [2.75, 3.05) is 23.9 Å². The van der Waals surface area contributed by atoms with Gasteiger partial charge in [0.15, 0.2) is 0 Å². The molecule has 0 fully saturated rings. The fourth-order valence-corrected chi connectivity index (χ4v) is 2.03. The Labute approximate surface area is 112 Å². The van der Waals surface area contributed by atoms with Crippen molar-refractivity contribution >= 4 is 28.1 Å². The maximum atomic E-state index is 10.8. The van der Waals surface area contributed by atoms with E-state index in [-0.39, 0.29) is 5.56 Å². The summed E-state index contributed by atoms with van der Waals surface area (Å²) in [7, 11) is -0.871. The van der Waals surface area contributed by atoms with Crippen molar-refractivity contribution < 1.29 is 19.0 Å². The minimum absolute atomic E-state index is 0.342. The lowest BCUT2D eigenvalue weighted by molar-refractivity contribution is -0.385. The van der Waals surface area contributed by atoms with Crippen LogP contribution < -0.4 is 5.32 Å². The van der Waals surface area contributed by atoms with Crippen LogP contribution in [-0.4, -0.2) is 38.8 Å². The summed E-state index contributed by atoms with van der Waals surface area (Å²) in [5, 5.41) is 22.5. The Morgan fingerprint density at radius 3 is 2.74 bits per heavy atom. The lowest BCUT2D eigenvalue weighted by atomic mass is 10.1. The minimum atomic E-state index is -1.33. The van der Waals surface area contributed by atoms with E-state index in [1.807, 2.05) is 0 Å². The molecular formula is C11H14N2O5S. The summed E-state index contributed by atoms with van der Waals surface area (Å²) in [6.07, 6.45) is 2.27. The van der Waals surface area contributed by atoms with Gasteiger partial charge in [-0.05, 0) is 18.6 Å². The number of aromatic carboxylic acids is 1. The molecule has 0 saturated carbocycles. The molecule has 0 radical (unpaired) electrons. The zero-order valence-electron chi connectivity index (χ0n) is 10.3. The first kappa shape index (κ1) is 15.1. The summed E-state index contributed by atoms with van der Waals surface area (Å²) >= 11 is 0. The van der Waals surface area contributed by atoms with Gasteiger partial charge in [0.25, 0.3) is 5.69 Å². The molecule has 0 heterocycles. The summed E-state index contributed by atoms with van der Waals surface area (Å²) in [5.74, 6) is -0.790. The third-order valence-electron chi connectivity index (χ3n) is 2.36. The predicted octanol–water partition coefficient (Wildman–Crippen LogP) is 1.47. The lowest BCUT2D eigenvalue weighted by Crippen LogP contribution is -2.08. The van der Waals surface area contributed by atoms with Gasteiger partial charge in [0.2, 0.25) is 0 Å². The Kier molecular flexibility index (Phi) is 5.43. The fraction of sp³-hybridized carbons (Fsp3) is 0.364. The van der Waals surface area contributed by atoms with Crippen LogP contribution in [0.15, 0.2) is 18.2 Å². The zero-order valence-corrected chi connectivity index (χ0v) is 11.1. The molecule has 0 aliphatic rings. The normalized spacial score (nSPS) is 11.8. The highest BCUT2D eigenvalue weighted by Gasteiger charge is 2.19. The number of carboxylic acid groups (broad SMARTS) is 1. The second-order valence-electron chi connectivity index (χ2n) is 3.85. The molecule has 2 N–H and O–H groups in total. The van der Waals surface area contributed by atoms with E-state index in [4.69, 9.17) is 5.11 Å². The summed E-state index contributed by atoms with van der Waals surface area (Å²) in [6.45, 7) is 0.517. The van der Waals surface area contributed by atoms with Crippen molar-refractivity contribution in [3.8, 4) is 0 Å². The van der Waals surface area contributed by atoms with E-state index in [1.165, 1.54) is 18.2 Å².